The highest BCUT2D eigenvalue weighted by molar-refractivity contribution is 5.94. The van der Waals surface area contributed by atoms with Crippen molar-refractivity contribution in [3.8, 4) is 11.4 Å². The lowest BCUT2D eigenvalue weighted by Gasteiger charge is -2.06. The molecule has 2 aromatic carbocycles. The van der Waals surface area contributed by atoms with E-state index in [1.165, 1.54) is 6.07 Å². The third-order valence-corrected chi connectivity index (χ3v) is 3.98. The summed E-state index contributed by atoms with van der Waals surface area (Å²) in [5, 5.41) is 6.60. The Bertz CT molecular complexity index is 905. The van der Waals surface area contributed by atoms with E-state index in [2.05, 4.69) is 15.5 Å². The van der Waals surface area contributed by atoms with Crippen LogP contribution >= 0.6 is 0 Å². The molecular formula is C19H18FN3O2. The van der Waals surface area contributed by atoms with Gasteiger partial charge in [-0.15, -0.1) is 0 Å². The van der Waals surface area contributed by atoms with Gasteiger partial charge >= 0.3 is 0 Å². The summed E-state index contributed by atoms with van der Waals surface area (Å²) >= 11 is 0. The first kappa shape index (κ1) is 16.8. The topological polar surface area (TPSA) is 68.0 Å². The first-order valence-electron chi connectivity index (χ1n) is 7.97. The summed E-state index contributed by atoms with van der Waals surface area (Å²) in [5.74, 6) is -0.0120. The number of amides is 1. The SMILES string of the molecule is Cc1ccc(C(=O)NCCc2nc(-c3ccccc3F)no2)cc1C. The van der Waals surface area contributed by atoms with Crippen molar-refractivity contribution >= 4 is 5.91 Å². The van der Waals surface area contributed by atoms with Gasteiger partial charge in [-0.05, 0) is 49.2 Å². The van der Waals surface area contributed by atoms with E-state index in [-0.39, 0.29) is 17.3 Å². The molecule has 0 unspecified atom stereocenters. The lowest BCUT2D eigenvalue weighted by Crippen LogP contribution is -2.25. The smallest absolute Gasteiger partial charge is 0.251 e. The molecule has 3 aromatic rings. The Morgan fingerprint density at radius 2 is 1.96 bits per heavy atom. The van der Waals surface area contributed by atoms with E-state index in [0.29, 0.717) is 24.4 Å². The number of aryl methyl sites for hydroxylation is 2. The quantitative estimate of drug-likeness (QED) is 0.773. The predicted molar refractivity (Wildman–Crippen MR) is 91.6 cm³/mol. The van der Waals surface area contributed by atoms with Crippen LogP contribution in [0.2, 0.25) is 0 Å². The van der Waals surface area contributed by atoms with E-state index in [0.717, 1.165) is 11.1 Å². The largest absolute Gasteiger partial charge is 0.352 e. The fraction of sp³-hybridized carbons (Fsp3) is 0.211. The summed E-state index contributed by atoms with van der Waals surface area (Å²) < 4.78 is 18.8. The maximum atomic E-state index is 13.7. The van der Waals surface area contributed by atoms with Gasteiger partial charge in [-0.2, -0.15) is 4.98 Å². The molecular weight excluding hydrogens is 321 g/mol. The molecule has 5 nitrogen and oxygen atoms in total. The molecule has 1 heterocycles. The fourth-order valence-corrected chi connectivity index (χ4v) is 2.38. The van der Waals surface area contributed by atoms with E-state index in [9.17, 15) is 9.18 Å². The Morgan fingerprint density at radius 3 is 2.72 bits per heavy atom. The van der Waals surface area contributed by atoms with E-state index in [4.69, 9.17) is 4.52 Å². The van der Waals surface area contributed by atoms with Gasteiger partial charge < -0.3 is 9.84 Å². The Hall–Kier alpha value is -3.02. The van der Waals surface area contributed by atoms with Gasteiger partial charge in [0, 0.05) is 18.5 Å². The minimum atomic E-state index is -0.405. The minimum absolute atomic E-state index is 0.156. The molecule has 0 spiro atoms. The van der Waals surface area contributed by atoms with Crippen LogP contribution in [0, 0.1) is 19.7 Å². The van der Waals surface area contributed by atoms with Crippen molar-refractivity contribution in [3.63, 3.8) is 0 Å². The highest BCUT2D eigenvalue weighted by Gasteiger charge is 2.13. The lowest BCUT2D eigenvalue weighted by molar-refractivity contribution is 0.0953. The van der Waals surface area contributed by atoms with Crippen LogP contribution in [-0.4, -0.2) is 22.6 Å². The maximum Gasteiger partial charge on any atom is 0.251 e. The Labute approximate surface area is 144 Å². The molecule has 0 fully saturated rings. The highest BCUT2D eigenvalue weighted by Crippen LogP contribution is 2.19. The van der Waals surface area contributed by atoms with Gasteiger partial charge in [-0.1, -0.05) is 23.4 Å². The van der Waals surface area contributed by atoms with Crippen molar-refractivity contribution in [1.29, 1.82) is 0 Å². The molecule has 0 saturated carbocycles. The summed E-state index contributed by atoms with van der Waals surface area (Å²) in [6.07, 6.45) is 0.373. The maximum absolute atomic E-state index is 13.7. The zero-order chi connectivity index (χ0) is 17.8. The Balaban J connectivity index is 1.58. The number of rotatable bonds is 5. The van der Waals surface area contributed by atoms with Gasteiger partial charge in [-0.25, -0.2) is 4.39 Å². The van der Waals surface area contributed by atoms with E-state index < -0.39 is 5.82 Å². The number of benzene rings is 2. The van der Waals surface area contributed by atoms with Gasteiger partial charge in [0.05, 0.1) is 5.56 Å². The van der Waals surface area contributed by atoms with E-state index in [1.807, 2.05) is 26.0 Å². The van der Waals surface area contributed by atoms with Crippen LogP contribution in [-0.2, 0) is 6.42 Å². The fourth-order valence-electron chi connectivity index (χ4n) is 2.38. The number of hydrogen-bond acceptors (Lipinski definition) is 4. The molecule has 0 saturated heterocycles. The summed E-state index contributed by atoms with van der Waals surface area (Å²) in [6, 6.07) is 11.8. The van der Waals surface area contributed by atoms with Crippen molar-refractivity contribution in [2.75, 3.05) is 6.54 Å². The van der Waals surface area contributed by atoms with Crippen LogP contribution in [0.5, 0.6) is 0 Å². The Kier molecular flexibility index (Phi) is 4.88. The number of nitrogens with one attached hydrogen (secondary N) is 1. The number of hydrogen-bond donors (Lipinski definition) is 1. The first-order valence-corrected chi connectivity index (χ1v) is 7.97. The third kappa shape index (κ3) is 3.91. The summed E-state index contributed by atoms with van der Waals surface area (Å²) in [5.41, 5.74) is 3.11. The van der Waals surface area contributed by atoms with Gasteiger partial charge in [-0.3, -0.25) is 4.79 Å². The van der Waals surface area contributed by atoms with Gasteiger partial charge in [0.15, 0.2) is 0 Å². The average molecular weight is 339 g/mol. The van der Waals surface area contributed by atoms with Crippen LogP contribution in [0.3, 0.4) is 0 Å². The molecule has 128 valence electrons. The monoisotopic (exact) mass is 339 g/mol. The average Bonchev–Trinajstić information content (AvgIpc) is 3.06. The normalized spacial score (nSPS) is 10.7. The summed E-state index contributed by atoms with van der Waals surface area (Å²) in [6.45, 7) is 4.32. The van der Waals surface area contributed by atoms with Crippen molar-refractivity contribution in [3.05, 3.63) is 70.9 Å². The van der Waals surface area contributed by atoms with Gasteiger partial charge in [0.25, 0.3) is 5.91 Å². The minimum Gasteiger partial charge on any atom is -0.352 e. The van der Waals surface area contributed by atoms with E-state index >= 15 is 0 Å². The molecule has 3 rings (SSSR count). The standard InChI is InChI=1S/C19H18FN3O2/c1-12-7-8-14(11-13(12)2)19(24)21-10-9-17-22-18(23-25-17)15-5-3-4-6-16(15)20/h3-8,11H,9-10H2,1-2H3,(H,21,24). The highest BCUT2D eigenvalue weighted by atomic mass is 19.1. The molecule has 1 N–H and O–H groups in total. The van der Waals surface area contributed by atoms with E-state index in [1.54, 1.807) is 24.3 Å². The van der Waals surface area contributed by atoms with Crippen LogP contribution < -0.4 is 5.32 Å². The van der Waals surface area contributed by atoms with Crippen LogP contribution in [0.1, 0.15) is 27.4 Å². The second-order valence-electron chi connectivity index (χ2n) is 5.80. The first-order chi connectivity index (χ1) is 12.0. The molecule has 0 bridgehead atoms. The van der Waals surface area contributed by atoms with Crippen molar-refractivity contribution in [2.24, 2.45) is 0 Å². The number of halogens is 1. The van der Waals surface area contributed by atoms with Crippen LogP contribution in [0.15, 0.2) is 47.0 Å². The molecule has 0 radical (unpaired) electrons. The molecule has 25 heavy (non-hydrogen) atoms. The molecule has 0 atom stereocenters. The number of aromatic nitrogens is 2. The number of carbonyl (C=O) groups is 1. The molecule has 1 aromatic heterocycles. The van der Waals surface area contributed by atoms with Crippen molar-refractivity contribution in [1.82, 2.24) is 15.5 Å². The predicted octanol–water partition coefficient (Wildman–Crippen LogP) is 3.47. The van der Waals surface area contributed by atoms with Crippen LogP contribution in [0.4, 0.5) is 4.39 Å². The Morgan fingerprint density at radius 1 is 1.16 bits per heavy atom. The molecule has 0 aliphatic heterocycles. The van der Waals surface area contributed by atoms with Gasteiger partial charge in [0.1, 0.15) is 5.82 Å². The van der Waals surface area contributed by atoms with Crippen molar-refractivity contribution < 1.29 is 13.7 Å². The van der Waals surface area contributed by atoms with Gasteiger partial charge in [0.2, 0.25) is 11.7 Å². The molecule has 6 heteroatoms. The second kappa shape index (κ2) is 7.25. The summed E-state index contributed by atoms with van der Waals surface area (Å²) in [7, 11) is 0. The third-order valence-electron chi connectivity index (χ3n) is 3.98. The zero-order valence-electron chi connectivity index (χ0n) is 14.0. The molecule has 0 aliphatic carbocycles. The number of carbonyl (C=O) groups excluding carboxylic acids is 1. The molecule has 0 aliphatic rings. The zero-order valence-corrected chi connectivity index (χ0v) is 14.0. The van der Waals surface area contributed by atoms with Crippen molar-refractivity contribution in [2.45, 2.75) is 20.3 Å². The number of nitrogens with zero attached hydrogens (tertiary/aromatic N) is 2. The lowest BCUT2D eigenvalue weighted by atomic mass is 10.1. The second-order valence-corrected chi connectivity index (χ2v) is 5.80. The summed E-state index contributed by atoms with van der Waals surface area (Å²) in [4.78, 5) is 16.3. The van der Waals surface area contributed by atoms with Crippen LogP contribution in [0.25, 0.3) is 11.4 Å². The molecule has 1 amide bonds.